The van der Waals surface area contributed by atoms with E-state index in [1.165, 1.54) is 11.8 Å². The lowest BCUT2D eigenvalue weighted by Crippen LogP contribution is -2.26. The van der Waals surface area contributed by atoms with Crippen LogP contribution in [0.3, 0.4) is 0 Å². The molecule has 0 saturated carbocycles. The van der Waals surface area contributed by atoms with Gasteiger partial charge in [0.2, 0.25) is 0 Å². The van der Waals surface area contributed by atoms with Gasteiger partial charge < -0.3 is 16.0 Å². The number of aryl methyl sites for hydroxylation is 1. The number of nitrogens with one attached hydrogen (secondary N) is 3. The summed E-state index contributed by atoms with van der Waals surface area (Å²) in [6.07, 6.45) is 7.20. The second-order valence-corrected chi connectivity index (χ2v) is 6.06. The third-order valence-electron chi connectivity index (χ3n) is 4.09. The highest BCUT2D eigenvalue weighted by Gasteiger charge is 2.19. The average molecular weight is 318 g/mol. The molecule has 3 N–H and O–H groups in total. The molecule has 0 bridgehead atoms. The molecule has 1 aromatic carbocycles. The summed E-state index contributed by atoms with van der Waals surface area (Å²) < 4.78 is 1.75. The highest BCUT2D eigenvalue weighted by molar-refractivity contribution is 6.32. The number of piperidine rings is 1. The van der Waals surface area contributed by atoms with Crippen molar-refractivity contribution in [2.45, 2.75) is 18.8 Å². The molecule has 3 rings (SSSR count). The number of anilines is 2. The van der Waals surface area contributed by atoms with Gasteiger partial charge in [-0.05, 0) is 49.5 Å². The predicted octanol–water partition coefficient (Wildman–Crippen LogP) is 3.28. The molecular weight excluding hydrogens is 298 g/mol. The molecule has 1 aliphatic rings. The van der Waals surface area contributed by atoms with Crippen LogP contribution in [0.25, 0.3) is 0 Å². The zero-order valence-corrected chi connectivity index (χ0v) is 13.3. The summed E-state index contributed by atoms with van der Waals surface area (Å²) >= 11 is 6.45. The molecule has 0 atom stereocenters. The molecule has 1 aromatic heterocycles. The summed E-state index contributed by atoms with van der Waals surface area (Å²) in [5.41, 5.74) is 3.76. The molecule has 0 amide bonds. The van der Waals surface area contributed by atoms with E-state index >= 15 is 0 Å². The van der Waals surface area contributed by atoms with Crippen molar-refractivity contribution in [2.75, 3.05) is 18.4 Å². The number of rotatable bonds is 4. The fourth-order valence-electron chi connectivity index (χ4n) is 2.92. The zero-order chi connectivity index (χ0) is 15.5. The van der Waals surface area contributed by atoms with Gasteiger partial charge in [0.25, 0.3) is 0 Å². The van der Waals surface area contributed by atoms with Crippen molar-refractivity contribution >= 4 is 29.2 Å². The van der Waals surface area contributed by atoms with E-state index in [1.54, 1.807) is 10.9 Å². The van der Waals surface area contributed by atoms with Crippen LogP contribution >= 0.6 is 11.6 Å². The van der Waals surface area contributed by atoms with Gasteiger partial charge in [-0.3, -0.25) is 4.68 Å². The lowest BCUT2D eigenvalue weighted by Gasteiger charge is -2.25. The van der Waals surface area contributed by atoms with Crippen LogP contribution in [0, 0.1) is 5.41 Å². The third kappa shape index (κ3) is 3.15. The Labute approximate surface area is 135 Å². The molecule has 22 heavy (non-hydrogen) atoms. The highest BCUT2D eigenvalue weighted by Crippen LogP contribution is 2.35. The van der Waals surface area contributed by atoms with E-state index in [9.17, 15) is 0 Å². The van der Waals surface area contributed by atoms with Crippen molar-refractivity contribution in [2.24, 2.45) is 7.05 Å². The van der Waals surface area contributed by atoms with E-state index in [4.69, 9.17) is 17.0 Å². The molecule has 2 aromatic rings. The Morgan fingerprint density at radius 2 is 2.18 bits per heavy atom. The van der Waals surface area contributed by atoms with Crippen LogP contribution in [-0.4, -0.2) is 29.1 Å². The van der Waals surface area contributed by atoms with E-state index in [0.29, 0.717) is 5.92 Å². The number of aromatic nitrogens is 2. The molecule has 1 aliphatic heterocycles. The second kappa shape index (κ2) is 6.50. The summed E-state index contributed by atoms with van der Waals surface area (Å²) in [5.74, 6) is 0.475. The third-order valence-corrected chi connectivity index (χ3v) is 4.41. The number of nitrogens with zero attached hydrogens (tertiary/aromatic N) is 2. The van der Waals surface area contributed by atoms with Gasteiger partial charge in [-0.2, -0.15) is 5.10 Å². The summed E-state index contributed by atoms with van der Waals surface area (Å²) in [5, 5.41) is 19.2. The van der Waals surface area contributed by atoms with Crippen LogP contribution in [0.15, 0.2) is 24.5 Å². The van der Waals surface area contributed by atoms with E-state index in [-0.39, 0.29) is 0 Å². The number of halogens is 1. The maximum atomic E-state index is 7.61. The number of hydrogen-bond donors (Lipinski definition) is 3. The first kappa shape index (κ1) is 15.1. The number of benzene rings is 1. The molecule has 1 fully saturated rings. The summed E-state index contributed by atoms with van der Waals surface area (Å²) in [6, 6.07) is 3.97. The van der Waals surface area contributed by atoms with Crippen molar-refractivity contribution in [3.63, 3.8) is 0 Å². The van der Waals surface area contributed by atoms with Crippen molar-refractivity contribution < 1.29 is 0 Å². The van der Waals surface area contributed by atoms with Gasteiger partial charge in [-0.25, -0.2) is 0 Å². The Morgan fingerprint density at radius 1 is 1.41 bits per heavy atom. The van der Waals surface area contributed by atoms with Crippen molar-refractivity contribution in [1.82, 2.24) is 15.1 Å². The fourth-order valence-corrected chi connectivity index (χ4v) is 3.25. The maximum absolute atomic E-state index is 7.61. The monoisotopic (exact) mass is 317 g/mol. The Morgan fingerprint density at radius 3 is 2.82 bits per heavy atom. The smallest absolute Gasteiger partial charge is 0.0770 e. The molecule has 2 heterocycles. The molecule has 1 saturated heterocycles. The SMILES string of the molecule is Cn1cc(Nc2cc(C3CCNCC3)c(Cl)cc2C=N)cn1. The molecule has 5 nitrogen and oxygen atoms in total. The van der Waals surface area contributed by atoms with Crippen molar-refractivity contribution in [3.05, 3.63) is 40.7 Å². The van der Waals surface area contributed by atoms with Crippen LogP contribution in [0.2, 0.25) is 5.02 Å². The topological polar surface area (TPSA) is 65.7 Å². The minimum Gasteiger partial charge on any atom is -0.352 e. The highest BCUT2D eigenvalue weighted by atomic mass is 35.5. The van der Waals surface area contributed by atoms with Crippen LogP contribution in [0.4, 0.5) is 11.4 Å². The lowest BCUT2D eigenvalue weighted by molar-refractivity contribution is 0.460. The van der Waals surface area contributed by atoms with Crippen molar-refractivity contribution in [3.8, 4) is 0 Å². The zero-order valence-electron chi connectivity index (χ0n) is 12.6. The molecular formula is C16H20ClN5. The van der Waals surface area contributed by atoms with Gasteiger partial charge in [0.1, 0.15) is 0 Å². The van der Waals surface area contributed by atoms with Gasteiger partial charge in [0.15, 0.2) is 0 Å². The normalized spacial score (nSPS) is 15.7. The van der Waals surface area contributed by atoms with Crippen LogP contribution < -0.4 is 10.6 Å². The van der Waals surface area contributed by atoms with Crippen molar-refractivity contribution in [1.29, 1.82) is 5.41 Å². The fraction of sp³-hybridized carbons (Fsp3) is 0.375. The Balaban J connectivity index is 1.94. The van der Waals surface area contributed by atoms with Gasteiger partial charge in [0, 0.05) is 35.7 Å². The molecule has 0 aliphatic carbocycles. The van der Waals surface area contributed by atoms with Crippen LogP contribution in [0.1, 0.15) is 29.9 Å². The lowest BCUT2D eigenvalue weighted by atomic mass is 9.89. The summed E-state index contributed by atoms with van der Waals surface area (Å²) in [6.45, 7) is 2.05. The Hall–Kier alpha value is -1.85. The molecule has 6 heteroatoms. The maximum Gasteiger partial charge on any atom is 0.0770 e. The largest absolute Gasteiger partial charge is 0.352 e. The minimum atomic E-state index is 0.475. The Bertz CT molecular complexity index is 673. The standard InChI is InChI=1S/C16H20ClN5/c1-22-10-13(9-20-22)21-16-7-14(11-2-4-19-5-3-11)15(17)6-12(16)8-18/h6-11,18-19,21H,2-5H2,1H3. The van der Waals surface area contributed by atoms with Crippen LogP contribution in [-0.2, 0) is 7.05 Å². The van der Waals surface area contributed by atoms with E-state index in [1.807, 2.05) is 19.3 Å². The van der Waals surface area contributed by atoms with Gasteiger partial charge >= 0.3 is 0 Å². The van der Waals surface area contributed by atoms with Gasteiger partial charge in [-0.15, -0.1) is 0 Å². The quantitative estimate of drug-likeness (QED) is 0.758. The number of hydrogen-bond acceptors (Lipinski definition) is 4. The molecule has 0 unspecified atom stereocenters. The second-order valence-electron chi connectivity index (χ2n) is 5.66. The molecule has 116 valence electrons. The minimum absolute atomic E-state index is 0.475. The van der Waals surface area contributed by atoms with E-state index in [2.05, 4.69) is 21.8 Å². The summed E-state index contributed by atoms with van der Waals surface area (Å²) in [4.78, 5) is 0. The molecule has 0 radical (unpaired) electrons. The van der Waals surface area contributed by atoms with E-state index in [0.717, 1.165) is 47.9 Å². The Kier molecular flexibility index (Phi) is 4.45. The predicted molar refractivity (Wildman–Crippen MR) is 90.7 cm³/mol. The van der Waals surface area contributed by atoms with Gasteiger partial charge in [-0.1, -0.05) is 11.6 Å². The van der Waals surface area contributed by atoms with Crippen LogP contribution in [0.5, 0.6) is 0 Å². The first-order valence-corrected chi connectivity index (χ1v) is 7.85. The average Bonchev–Trinajstić information content (AvgIpc) is 2.94. The summed E-state index contributed by atoms with van der Waals surface area (Å²) in [7, 11) is 1.88. The first-order valence-electron chi connectivity index (χ1n) is 7.47. The van der Waals surface area contributed by atoms with E-state index < -0.39 is 0 Å². The van der Waals surface area contributed by atoms with Gasteiger partial charge in [0.05, 0.1) is 11.9 Å². The molecule has 0 spiro atoms. The first-order chi connectivity index (χ1) is 10.7.